The van der Waals surface area contributed by atoms with Crippen LogP contribution in [0.25, 0.3) is 0 Å². The predicted molar refractivity (Wildman–Crippen MR) is 121 cm³/mol. The SMILES string of the molecule is CCCCCOCC(=O)[C@H]1C(C)C[C@H]2C3=C(C(=O)C[C@@]21C)[C@@]1(C)C=CC(=O)C=C1C(F)C3. The standard InChI is InChI=1S/C27H35FO4/c1-5-6-7-10-32-15-23(31)24-16(2)11-19-18-13-21(28)20-12-17(29)8-9-26(20,3)25(18)22(30)14-27(19,24)4/h8-9,12,16,19,21,24H,5-7,10-11,13-15H2,1-4H3/t16?,19-,21?,24+,26-,27-/m0/s1. The third-order valence-corrected chi connectivity index (χ3v) is 8.46. The van der Waals surface area contributed by atoms with Gasteiger partial charge < -0.3 is 4.74 Å². The number of ketones is 3. The van der Waals surface area contributed by atoms with Gasteiger partial charge in [-0.25, -0.2) is 4.39 Å². The maximum Gasteiger partial charge on any atom is 0.178 e. The normalized spacial score (nSPS) is 38.3. The lowest BCUT2D eigenvalue weighted by Gasteiger charge is -2.49. The Bertz CT molecular complexity index is 928. The van der Waals surface area contributed by atoms with Gasteiger partial charge in [0.25, 0.3) is 0 Å². The first-order valence-electron chi connectivity index (χ1n) is 12.1. The molecule has 4 rings (SSSR count). The quantitative estimate of drug-likeness (QED) is 0.513. The van der Waals surface area contributed by atoms with Crippen LogP contribution < -0.4 is 0 Å². The van der Waals surface area contributed by atoms with E-state index in [0.717, 1.165) is 31.3 Å². The molecule has 32 heavy (non-hydrogen) atoms. The Morgan fingerprint density at radius 1 is 1.25 bits per heavy atom. The number of Topliss-reactive ketones (excluding diaryl/α,β-unsaturated/α-hetero) is 2. The average Bonchev–Trinajstić information content (AvgIpc) is 2.98. The molecule has 0 aliphatic heterocycles. The number of hydrogen-bond donors (Lipinski definition) is 0. The molecule has 0 bridgehead atoms. The van der Waals surface area contributed by atoms with Gasteiger partial charge >= 0.3 is 0 Å². The van der Waals surface area contributed by atoms with Crippen molar-refractivity contribution in [1.82, 2.24) is 0 Å². The fourth-order valence-corrected chi connectivity index (χ4v) is 7.12. The van der Waals surface area contributed by atoms with Crippen LogP contribution in [-0.2, 0) is 19.1 Å². The number of alkyl halides is 1. The summed E-state index contributed by atoms with van der Waals surface area (Å²) in [5, 5.41) is 0. The van der Waals surface area contributed by atoms with E-state index < -0.39 is 17.0 Å². The second-order valence-electron chi connectivity index (χ2n) is 10.7. The summed E-state index contributed by atoms with van der Waals surface area (Å²) >= 11 is 0. The molecular weight excluding hydrogens is 407 g/mol. The summed E-state index contributed by atoms with van der Waals surface area (Å²) in [6.45, 7) is 8.77. The lowest BCUT2D eigenvalue weighted by Crippen LogP contribution is -2.47. The van der Waals surface area contributed by atoms with E-state index in [1.807, 2.05) is 13.8 Å². The Kier molecular flexibility index (Phi) is 6.17. The summed E-state index contributed by atoms with van der Waals surface area (Å²) in [7, 11) is 0. The molecule has 0 spiro atoms. The molecular formula is C27H35FO4. The summed E-state index contributed by atoms with van der Waals surface area (Å²) in [5.41, 5.74) is 0.568. The van der Waals surface area contributed by atoms with Crippen LogP contribution in [0.2, 0.25) is 0 Å². The lowest BCUT2D eigenvalue weighted by molar-refractivity contribution is -0.134. The zero-order valence-corrected chi connectivity index (χ0v) is 19.7. The molecule has 4 nitrogen and oxygen atoms in total. The first-order valence-corrected chi connectivity index (χ1v) is 12.1. The number of rotatable bonds is 7. The van der Waals surface area contributed by atoms with Gasteiger partial charge in [-0.05, 0) is 54.7 Å². The Labute approximate surface area is 190 Å². The van der Waals surface area contributed by atoms with Crippen molar-refractivity contribution in [2.45, 2.75) is 72.4 Å². The van der Waals surface area contributed by atoms with Gasteiger partial charge in [0.05, 0.1) is 0 Å². The topological polar surface area (TPSA) is 60.4 Å². The molecule has 0 aromatic carbocycles. The Morgan fingerprint density at radius 2 is 2.00 bits per heavy atom. The number of halogens is 1. The van der Waals surface area contributed by atoms with Crippen LogP contribution in [0.1, 0.15) is 66.2 Å². The fraction of sp³-hybridized carbons (Fsp3) is 0.667. The van der Waals surface area contributed by atoms with E-state index in [9.17, 15) is 14.4 Å². The number of allylic oxidation sites excluding steroid dienone is 6. The molecule has 0 radical (unpaired) electrons. The number of carbonyl (C=O) groups is 3. The van der Waals surface area contributed by atoms with Crippen LogP contribution in [0.4, 0.5) is 4.39 Å². The molecule has 5 heteroatoms. The summed E-state index contributed by atoms with van der Waals surface area (Å²) in [5.74, 6) is -0.309. The van der Waals surface area contributed by atoms with E-state index in [0.29, 0.717) is 17.8 Å². The molecule has 174 valence electrons. The predicted octanol–water partition coefficient (Wildman–Crippen LogP) is 5.12. The Balaban J connectivity index is 1.64. The highest BCUT2D eigenvalue weighted by Gasteiger charge is 2.61. The lowest BCUT2D eigenvalue weighted by atomic mass is 9.53. The molecule has 0 aromatic heterocycles. The monoisotopic (exact) mass is 442 g/mol. The maximum atomic E-state index is 15.4. The van der Waals surface area contributed by atoms with E-state index in [1.54, 1.807) is 6.08 Å². The highest BCUT2D eigenvalue weighted by molar-refractivity contribution is 6.06. The number of carbonyl (C=O) groups excluding carboxylic acids is 3. The molecule has 0 aromatic rings. The Morgan fingerprint density at radius 3 is 2.72 bits per heavy atom. The smallest absolute Gasteiger partial charge is 0.178 e. The highest BCUT2D eigenvalue weighted by Crippen LogP contribution is 2.64. The largest absolute Gasteiger partial charge is 0.374 e. The molecule has 4 aliphatic carbocycles. The second kappa shape index (κ2) is 8.48. The minimum absolute atomic E-state index is 0.00175. The summed E-state index contributed by atoms with van der Waals surface area (Å²) in [4.78, 5) is 38.7. The molecule has 2 unspecified atom stereocenters. The van der Waals surface area contributed by atoms with Gasteiger partial charge in [0.2, 0.25) is 0 Å². The summed E-state index contributed by atoms with van der Waals surface area (Å²) in [6, 6.07) is 0. The Hall–Kier alpha value is -1.88. The first kappa shape index (κ1) is 23.3. The summed E-state index contributed by atoms with van der Waals surface area (Å²) < 4.78 is 21.0. The van der Waals surface area contributed by atoms with Gasteiger partial charge in [-0.3, -0.25) is 14.4 Å². The van der Waals surface area contributed by atoms with Crippen LogP contribution in [-0.4, -0.2) is 36.7 Å². The molecule has 0 heterocycles. The zero-order chi connectivity index (χ0) is 23.3. The van der Waals surface area contributed by atoms with Gasteiger partial charge in [0, 0.05) is 36.4 Å². The van der Waals surface area contributed by atoms with E-state index in [4.69, 9.17) is 4.74 Å². The number of hydrogen-bond acceptors (Lipinski definition) is 4. The van der Waals surface area contributed by atoms with E-state index in [2.05, 4.69) is 13.8 Å². The van der Waals surface area contributed by atoms with Gasteiger partial charge in [-0.1, -0.05) is 45.3 Å². The van der Waals surface area contributed by atoms with Crippen molar-refractivity contribution in [3.63, 3.8) is 0 Å². The third kappa shape index (κ3) is 3.57. The van der Waals surface area contributed by atoms with Crippen LogP contribution in [0.3, 0.4) is 0 Å². The van der Waals surface area contributed by atoms with Crippen LogP contribution in [0, 0.1) is 28.6 Å². The zero-order valence-electron chi connectivity index (χ0n) is 19.7. The molecule has 0 saturated heterocycles. The van der Waals surface area contributed by atoms with Crippen molar-refractivity contribution < 1.29 is 23.5 Å². The minimum Gasteiger partial charge on any atom is -0.374 e. The van der Waals surface area contributed by atoms with Crippen LogP contribution in [0.5, 0.6) is 0 Å². The average molecular weight is 443 g/mol. The van der Waals surface area contributed by atoms with E-state index >= 15 is 4.39 Å². The second-order valence-corrected chi connectivity index (χ2v) is 10.7. The van der Waals surface area contributed by atoms with Crippen LogP contribution in [0.15, 0.2) is 34.9 Å². The minimum atomic E-state index is -1.28. The molecule has 6 atom stereocenters. The van der Waals surface area contributed by atoms with E-state index in [-0.39, 0.29) is 54.6 Å². The van der Waals surface area contributed by atoms with Gasteiger partial charge in [0.1, 0.15) is 12.8 Å². The fourth-order valence-electron chi connectivity index (χ4n) is 7.12. The van der Waals surface area contributed by atoms with Crippen molar-refractivity contribution >= 4 is 17.3 Å². The van der Waals surface area contributed by atoms with Gasteiger partial charge in [-0.15, -0.1) is 0 Å². The third-order valence-electron chi connectivity index (χ3n) is 8.46. The van der Waals surface area contributed by atoms with Crippen LogP contribution >= 0.6 is 0 Å². The molecule has 1 fully saturated rings. The van der Waals surface area contributed by atoms with Crippen molar-refractivity contribution in [2.24, 2.45) is 28.6 Å². The number of fused-ring (bicyclic) bond motifs is 4. The molecule has 4 aliphatic rings. The van der Waals surface area contributed by atoms with Crippen molar-refractivity contribution in [2.75, 3.05) is 13.2 Å². The van der Waals surface area contributed by atoms with Crippen molar-refractivity contribution in [3.05, 3.63) is 34.9 Å². The van der Waals surface area contributed by atoms with Gasteiger partial charge in [-0.2, -0.15) is 0 Å². The van der Waals surface area contributed by atoms with Crippen molar-refractivity contribution in [1.29, 1.82) is 0 Å². The number of unbranched alkanes of at least 4 members (excludes halogenated alkanes) is 2. The highest BCUT2D eigenvalue weighted by atomic mass is 19.1. The molecule has 0 N–H and O–H groups in total. The maximum absolute atomic E-state index is 15.4. The number of ether oxygens (including phenoxy) is 1. The molecule has 1 saturated carbocycles. The van der Waals surface area contributed by atoms with E-state index in [1.165, 1.54) is 12.2 Å². The van der Waals surface area contributed by atoms with Crippen molar-refractivity contribution in [3.8, 4) is 0 Å². The molecule has 0 amide bonds. The van der Waals surface area contributed by atoms with Gasteiger partial charge in [0.15, 0.2) is 17.3 Å². The first-order chi connectivity index (χ1) is 15.1. The summed E-state index contributed by atoms with van der Waals surface area (Å²) in [6.07, 6.45) is 7.58.